The highest BCUT2D eigenvalue weighted by Crippen LogP contribution is 2.27. The van der Waals surface area contributed by atoms with Gasteiger partial charge in [-0.3, -0.25) is 4.79 Å². The molecule has 0 N–H and O–H groups in total. The molecule has 0 atom stereocenters. The topological polar surface area (TPSA) is 58.5 Å². The number of carbonyl (C=O) groups is 1. The van der Waals surface area contributed by atoms with Gasteiger partial charge in [0.15, 0.2) is 0 Å². The van der Waals surface area contributed by atoms with E-state index in [4.69, 9.17) is 34.8 Å². The number of nitrogens with zero attached hydrogens (tertiary/aromatic N) is 4. The molecule has 1 aliphatic rings. The van der Waals surface area contributed by atoms with E-state index in [-0.39, 0.29) is 22.7 Å². The summed E-state index contributed by atoms with van der Waals surface area (Å²) in [4.78, 5) is 26.6. The quantitative estimate of drug-likeness (QED) is 0.566. The van der Waals surface area contributed by atoms with Crippen molar-refractivity contribution in [2.45, 2.75) is 13.8 Å². The summed E-state index contributed by atoms with van der Waals surface area (Å²) < 4.78 is 0. The van der Waals surface area contributed by atoms with Crippen molar-refractivity contribution in [2.24, 2.45) is 4.99 Å². The lowest BCUT2D eigenvalue weighted by Crippen LogP contribution is -2.32. The van der Waals surface area contributed by atoms with Gasteiger partial charge in [0.2, 0.25) is 5.95 Å². The summed E-state index contributed by atoms with van der Waals surface area (Å²) in [6.07, 6.45) is 1.60. The fourth-order valence-corrected chi connectivity index (χ4v) is 2.94. The predicted molar refractivity (Wildman–Crippen MR) is 96.8 cm³/mol. The lowest BCUT2D eigenvalue weighted by molar-refractivity contribution is -0.113. The summed E-state index contributed by atoms with van der Waals surface area (Å²) in [5, 5.41) is 1.21. The maximum absolute atomic E-state index is 12.7. The monoisotopic (exact) mass is 380 g/mol. The number of amidine groups is 1. The molecule has 2 aromatic rings. The first-order valence-electron chi connectivity index (χ1n) is 6.93. The zero-order valence-corrected chi connectivity index (χ0v) is 15.0. The Hall–Kier alpha value is -1.95. The fraction of sp³-hybridized carbons (Fsp3) is 0.125. The van der Waals surface area contributed by atoms with E-state index in [9.17, 15) is 4.79 Å². The maximum Gasteiger partial charge on any atom is 0.284 e. The lowest BCUT2D eigenvalue weighted by Gasteiger charge is -2.14. The van der Waals surface area contributed by atoms with Crippen LogP contribution in [0.15, 0.2) is 35.0 Å². The van der Waals surface area contributed by atoms with E-state index in [2.05, 4.69) is 15.0 Å². The average molecular weight is 382 g/mol. The van der Waals surface area contributed by atoms with Gasteiger partial charge < -0.3 is 0 Å². The minimum atomic E-state index is -0.347. The Kier molecular flexibility index (Phi) is 4.58. The first kappa shape index (κ1) is 16.9. The first-order chi connectivity index (χ1) is 11.3. The summed E-state index contributed by atoms with van der Waals surface area (Å²) in [5.41, 5.74) is 1.53. The van der Waals surface area contributed by atoms with Crippen LogP contribution in [0.5, 0.6) is 0 Å². The molecule has 0 spiro atoms. The third-order valence-corrected chi connectivity index (χ3v) is 4.05. The van der Waals surface area contributed by atoms with E-state index < -0.39 is 0 Å². The molecule has 1 aliphatic heterocycles. The molecule has 24 heavy (non-hydrogen) atoms. The molecule has 0 saturated carbocycles. The molecule has 0 radical (unpaired) electrons. The van der Waals surface area contributed by atoms with Crippen LogP contribution in [-0.4, -0.2) is 21.7 Å². The van der Waals surface area contributed by atoms with Gasteiger partial charge in [0.05, 0.1) is 0 Å². The molecule has 122 valence electrons. The smallest absolute Gasteiger partial charge is 0.266 e. The molecule has 1 amide bonds. The van der Waals surface area contributed by atoms with Gasteiger partial charge in [-0.1, -0.05) is 40.9 Å². The second-order valence-corrected chi connectivity index (χ2v) is 6.36. The van der Waals surface area contributed by atoms with Gasteiger partial charge in [-0.15, -0.1) is 0 Å². The molecule has 0 fully saturated rings. The molecule has 1 aromatic carbocycles. The number of hydrogen-bond donors (Lipinski definition) is 0. The van der Waals surface area contributed by atoms with Gasteiger partial charge in [-0.25, -0.2) is 19.9 Å². The van der Waals surface area contributed by atoms with Crippen molar-refractivity contribution in [2.75, 3.05) is 4.90 Å². The van der Waals surface area contributed by atoms with E-state index in [1.807, 2.05) is 0 Å². The summed E-state index contributed by atoms with van der Waals surface area (Å²) in [6.45, 7) is 3.47. The zero-order valence-electron chi connectivity index (χ0n) is 12.7. The Morgan fingerprint density at radius 3 is 2.50 bits per heavy atom. The number of aliphatic imine (C=N–C) groups is 1. The Labute approximate surface area is 153 Å². The summed E-state index contributed by atoms with van der Waals surface area (Å²) in [6, 6.07) is 6.63. The van der Waals surface area contributed by atoms with E-state index in [1.165, 1.54) is 4.90 Å². The van der Waals surface area contributed by atoms with Crippen LogP contribution >= 0.6 is 34.8 Å². The van der Waals surface area contributed by atoms with Crippen LogP contribution in [0, 0.1) is 6.92 Å². The van der Waals surface area contributed by atoms with E-state index in [0.717, 1.165) is 0 Å². The van der Waals surface area contributed by atoms with Crippen molar-refractivity contribution in [3.63, 3.8) is 0 Å². The summed E-state index contributed by atoms with van der Waals surface area (Å²) in [7, 11) is 0. The Morgan fingerprint density at radius 2 is 1.83 bits per heavy atom. The van der Waals surface area contributed by atoms with Crippen LogP contribution in [0.25, 0.3) is 6.08 Å². The van der Waals surface area contributed by atoms with Gasteiger partial charge in [0.1, 0.15) is 16.7 Å². The molecule has 2 heterocycles. The number of aryl methyl sites for hydroxylation is 1. The lowest BCUT2D eigenvalue weighted by atomic mass is 10.2. The second kappa shape index (κ2) is 6.51. The van der Waals surface area contributed by atoms with Crippen molar-refractivity contribution in [1.82, 2.24) is 9.97 Å². The standard InChI is InChI=1S/C16H11Cl3N4O/c1-8-5-14(19)22-16(20-8)23-9(2)21-13(15(23)24)6-10-3-4-11(17)7-12(10)18/h3-7H,1-2H3/b13-6+. The summed E-state index contributed by atoms with van der Waals surface area (Å²) in [5.74, 6) is 0.301. The third kappa shape index (κ3) is 3.29. The number of carbonyl (C=O) groups excluding carboxylic acids is 1. The molecule has 3 rings (SSSR count). The SMILES string of the molecule is CC1=N/C(=C/c2ccc(Cl)cc2Cl)C(=O)N1c1nc(C)cc(Cl)n1. The molecule has 5 nitrogen and oxygen atoms in total. The van der Waals surface area contributed by atoms with Crippen LogP contribution in [-0.2, 0) is 4.79 Å². The number of amides is 1. The molecule has 0 bridgehead atoms. The average Bonchev–Trinajstić information content (AvgIpc) is 2.75. The first-order valence-corrected chi connectivity index (χ1v) is 8.06. The Morgan fingerprint density at radius 1 is 1.08 bits per heavy atom. The van der Waals surface area contributed by atoms with Crippen LogP contribution < -0.4 is 4.90 Å². The number of benzene rings is 1. The maximum atomic E-state index is 12.7. The third-order valence-electron chi connectivity index (χ3n) is 3.29. The van der Waals surface area contributed by atoms with Crippen molar-refractivity contribution in [1.29, 1.82) is 0 Å². The number of anilines is 1. The van der Waals surface area contributed by atoms with E-state index in [0.29, 0.717) is 27.1 Å². The fourth-order valence-electron chi connectivity index (χ4n) is 2.24. The van der Waals surface area contributed by atoms with Crippen molar-refractivity contribution in [3.8, 4) is 0 Å². The van der Waals surface area contributed by atoms with Gasteiger partial charge in [-0.05, 0) is 43.7 Å². The van der Waals surface area contributed by atoms with E-state index >= 15 is 0 Å². The minimum absolute atomic E-state index is 0.192. The van der Waals surface area contributed by atoms with Gasteiger partial charge >= 0.3 is 0 Å². The van der Waals surface area contributed by atoms with Gasteiger partial charge in [0, 0.05) is 15.7 Å². The molecular formula is C16H11Cl3N4O. The number of rotatable bonds is 2. The highest BCUT2D eigenvalue weighted by molar-refractivity contribution is 6.36. The molecule has 8 heteroatoms. The largest absolute Gasteiger partial charge is 0.284 e. The Bertz CT molecular complexity index is 888. The molecular weight excluding hydrogens is 371 g/mol. The number of hydrogen-bond acceptors (Lipinski definition) is 4. The normalized spacial score (nSPS) is 16.0. The van der Waals surface area contributed by atoms with E-state index in [1.54, 1.807) is 44.2 Å². The number of aromatic nitrogens is 2. The summed E-state index contributed by atoms with van der Waals surface area (Å²) >= 11 is 18.0. The Balaban J connectivity index is 2.00. The predicted octanol–water partition coefficient (Wildman–Crippen LogP) is 4.55. The van der Waals surface area contributed by atoms with Crippen LogP contribution in [0.3, 0.4) is 0 Å². The van der Waals surface area contributed by atoms with Gasteiger partial charge in [0.25, 0.3) is 5.91 Å². The van der Waals surface area contributed by atoms with Crippen LogP contribution in [0.2, 0.25) is 15.2 Å². The zero-order chi connectivity index (χ0) is 17.4. The van der Waals surface area contributed by atoms with Crippen molar-refractivity contribution in [3.05, 3.63) is 56.4 Å². The highest BCUT2D eigenvalue weighted by atomic mass is 35.5. The molecule has 0 unspecified atom stereocenters. The van der Waals surface area contributed by atoms with Crippen LogP contribution in [0.4, 0.5) is 5.95 Å². The number of halogens is 3. The van der Waals surface area contributed by atoms with Gasteiger partial charge in [-0.2, -0.15) is 0 Å². The molecule has 0 saturated heterocycles. The van der Waals surface area contributed by atoms with Crippen LogP contribution in [0.1, 0.15) is 18.2 Å². The second-order valence-electron chi connectivity index (χ2n) is 5.13. The molecule has 0 aliphatic carbocycles. The van der Waals surface area contributed by atoms with Crippen molar-refractivity contribution < 1.29 is 4.79 Å². The van der Waals surface area contributed by atoms with Crippen molar-refractivity contribution >= 4 is 58.6 Å². The minimum Gasteiger partial charge on any atom is -0.266 e. The molecule has 1 aromatic heterocycles. The highest BCUT2D eigenvalue weighted by Gasteiger charge is 2.31.